The van der Waals surface area contributed by atoms with Crippen LogP contribution < -0.4 is 5.73 Å². The van der Waals surface area contributed by atoms with Gasteiger partial charge < -0.3 is 5.73 Å². The Hall–Kier alpha value is -1.38. The number of hydrogen-bond donors (Lipinski definition) is 1. The van der Waals surface area contributed by atoms with Gasteiger partial charge in [0.15, 0.2) is 0 Å². The van der Waals surface area contributed by atoms with Gasteiger partial charge in [-0.15, -0.1) is 0 Å². The van der Waals surface area contributed by atoms with Gasteiger partial charge in [0, 0.05) is 0 Å². The molecule has 0 heterocycles. The Morgan fingerprint density at radius 3 is 2.59 bits per heavy atom. The van der Waals surface area contributed by atoms with E-state index in [0.29, 0.717) is 11.8 Å². The summed E-state index contributed by atoms with van der Waals surface area (Å²) in [5, 5.41) is 0. The van der Waals surface area contributed by atoms with Crippen LogP contribution in [-0.2, 0) is 5.66 Å². The maximum Gasteiger partial charge on any atom is 0.122 e. The first-order chi connectivity index (χ1) is 10.4. The quantitative estimate of drug-likeness (QED) is 0.802. The summed E-state index contributed by atoms with van der Waals surface area (Å²) in [6.45, 7) is 4.80. The average Bonchev–Trinajstić information content (AvgIpc) is 2.93. The van der Waals surface area contributed by atoms with Crippen LogP contribution >= 0.6 is 0 Å². The Morgan fingerprint density at radius 1 is 1.14 bits per heavy atom. The summed E-state index contributed by atoms with van der Waals surface area (Å²) in [7, 11) is 4.18. The lowest BCUT2D eigenvalue weighted by Crippen LogP contribution is -2.49. The van der Waals surface area contributed by atoms with Crippen LogP contribution in [0.3, 0.4) is 0 Å². The van der Waals surface area contributed by atoms with Gasteiger partial charge in [0.1, 0.15) is 5.66 Å². The SMILES string of the molecule is CC1CC2C=C3C(=CC2C1C)C(N)(N(C)C)c1ccccc13. The average molecular weight is 294 g/mol. The van der Waals surface area contributed by atoms with Crippen LogP contribution in [0.25, 0.3) is 5.57 Å². The predicted molar refractivity (Wildman–Crippen MR) is 92.0 cm³/mol. The number of rotatable bonds is 1. The summed E-state index contributed by atoms with van der Waals surface area (Å²) < 4.78 is 0. The van der Waals surface area contributed by atoms with Crippen molar-refractivity contribution in [2.24, 2.45) is 29.4 Å². The highest BCUT2D eigenvalue weighted by Crippen LogP contribution is 2.55. The number of fused-ring (bicyclic) bond motifs is 4. The molecule has 0 spiro atoms. The third-order valence-electron chi connectivity index (χ3n) is 6.42. The van der Waals surface area contributed by atoms with Gasteiger partial charge in [0.2, 0.25) is 0 Å². The molecule has 3 aliphatic carbocycles. The molecule has 22 heavy (non-hydrogen) atoms. The van der Waals surface area contributed by atoms with E-state index >= 15 is 0 Å². The standard InChI is InChI=1S/C20H26N2/c1-12-9-14-10-17-15-7-5-6-8-18(15)20(21,22(3)4)19(17)11-16(14)13(12)2/h5-8,10-14,16H,9,21H2,1-4H3. The lowest BCUT2D eigenvalue weighted by molar-refractivity contribution is 0.210. The first kappa shape index (κ1) is 14.2. The molecule has 0 bridgehead atoms. The largest absolute Gasteiger partial charge is 0.305 e. The van der Waals surface area contributed by atoms with Crippen LogP contribution in [0.4, 0.5) is 0 Å². The number of allylic oxidation sites excluding steroid dienone is 2. The van der Waals surface area contributed by atoms with E-state index in [0.717, 1.165) is 11.8 Å². The van der Waals surface area contributed by atoms with Gasteiger partial charge in [-0.3, -0.25) is 4.90 Å². The second kappa shape index (κ2) is 4.56. The molecule has 1 aromatic rings. The number of benzene rings is 1. The Morgan fingerprint density at radius 2 is 1.86 bits per heavy atom. The molecule has 3 aliphatic rings. The van der Waals surface area contributed by atoms with Gasteiger partial charge in [0.05, 0.1) is 0 Å². The molecular formula is C20H26N2. The zero-order chi connectivity index (χ0) is 15.6. The summed E-state index contributed by atoms with van der Waals surface area (Å²) in [6, 6.07) is 8.66. The highest BCUT2D eigenvalue weighted by Gasteiger charge is 2.48. The smallest absolute Gasteiger partial charge is 0.122 e. The molecule has 0 saturated heterocycles. The van der Waals surface area contributed by atoms with Crippen LogP contribution in [0.1, 0.15) is 31.4 Å². The molecule has 5 unspecified atom stereocenters. The van der Waals surface area contributed by atoms with Crippen molar-refractivity contribution in [2.75, 3.05) is 14.1 Å². The fourth-order valence-electron chi connectivity index (χ4n) is 4.86. The van der Waals surface area contributed by atoms with Crippen molar-refractivity contribution in [3.8, 4) is 0 Å². The van der Waals surface area contributed by atoms with Gasteiger partial charge in [-0.25, -0.2) is 0 Å². The van der Waals surface area contributed by atoms with Crippen molar-refractivity contribution >= 4 is 5.57 Å². The number of likely N-dealkylation sites (N-methyl/N-ethyl adjacent to an activating group) is 1. The molecule has 4 rings (SSSR count). The number of hydrogen-bond acceptors (Lipinski definition) is 2. The molecular weight excluding hydrogens is 268 g/mol. The van der Waals surface area contributed by atoms with E-state index in [9.17, 15) is 0 Å². The Kier molecular flexibility index (Phi) is 2.95. The molecule has 1 saturated carbocycles. The van der Waals surface area contributed by atoms with Crippen LogP contribution in [0.2, 0.25) is 0 Å². The maximum atomic E-state index is 6.95. The summed E-state index contributed by atoms with van der Waals surface area (Å²) >= 11 is 0. The highest BCUT2D eigenvalue weighted by atomic mass is 15.2. The molecule has 1 fully saturated rings. The zero-order valence-corrected chi connectivity index (χ0v) is 14.0. The minimum Gasteiger partial charge on any atom is -0.305 e. The molecule has 2 nitrogen and oxygen atoms in total. The second-order valence-electron chi connectivity index (χ2n) is 7.68. The van der Waals surface area contributed by atoms with Gasteiger partial charge >= 0.3 is 0 Å². The molecule has 0 aromatic heterocycles. The Balaban J connectivity index is 1.93. The van der Waals surface area contributed by atoms with E-state index < -0.39 is 5.66 Å². The molecule has 5 atom stereocenters. The van der Waals surface area contributed by atoms with Crippen molar-refractivity contribution in [2.45, 2.75) is 25.9 Å². The van der Waals surface area contributed by atoms with E-state index in [1.165, 1.54) is 28.7 Å². The van der Waals surface area contributed by atoms with E-state index in [1.54, 1.807) is 0 Å². The summed E-state index contributed by atoms with van der Waals surface area (Å²) in [5.74, 6) is 2.86. The molecule has 0 amide bonds. The van der Waals surface area contributed by atoms with E-state index in [1.807, 2.05) is 0 Å². The predicted octanol–water partition coefficient (Wildman–Crippen LogP) is 3.61. The van der Waals surface area contributed by atoms with Crippen molar-refractivity contribution in [3.05, 3.63) is 53.1 Å². The topological polar surface area (TPSA) is 29.3 Å². The summed E-state index contributed by atoms with van der Waals surface area (Å²) in [4.78, 5) is 2.17. The molecule has 0 aliphatic heterocycles. The third kappa shape index (κ3) is 1.63. The zero-order valence-electron chi connectivity index (χ0n) is 14.0. The van der Waals surface area contributed by atoms with Crippen molar-refractivity contribution < 1.29 is 0 Å². The second-order valence-corrected chi connectivity index (χ2v) is 7.68. The summed E-state index contributed by atoms with van der Waals surface area (Å²) in [5.41, 5.74) is 11.7. The maximum absolute atomic E-state index is 6.95. The molecule has 116 valence electrons. The Bertz CT molecular complexity index is 685. The first-order valence-electron chi connectivity index (χ1n) is 8.45. The van der Waals surface area contributed by atoms with Crippen LogP contribution in [0, 0.1) is 23.7 Å². The fourth-order valence-corrected chi connectivity index (χ4v) is 4.86. The highest BCUT2D eigenvalue weighted by molar-refractivity contribution is 5.90. The lowest BCUT2D eigenvalue weighted by atomic mass is 9.79. The van der Waals surface area contributed by atoms with Gasteiger partial charge in [-0.05, 0) is 66.5 Å². The summed E-state index contributed by atoms with van der Waals surface area (Å²) in [6.07, 6.45) is 6.34. The fraction of sp³-hybridized carbons (Fsp3) is 0.500. The van der Waals surface area contributed by atoms with Crippen molar-refractivity contribution in [3.63, 3.8) is 0 Å². The lowest BCUT2D eigenvalue weighted by Gasteiger charge is -2.37. The number of nitrogens with two attached hydrogens (primary N) is 1. The minimum atomic E-state index is -0.487. The molecule has 2 heteroatoms. The molecule has 0 radical (unpaired) electrons. The van der Waals surface area contributed by atoms with Crippen molar-refractivity contribution in [1.82, 2.24) is 4.90 Å². The normalized spacial score (nSPS) is 39.2. The third-order valence-corrected chi connectivity index (χ3v) is 6.42. The first-order valence-corrected chi connectivity index (χ1v) is 8.45. The van der Waals surface area contributed by atoms with Crippen molar-refractivity contribution in [1.29, 1.82) is 0 Å². The van der Waals surface area contributed by atoms with E-state index in [2.05, 4.69) is 69.3 Å². The van der Waals surface area contributed by atoms with Gasteiger partial charge in [-0.2, -0.15) is 0 Å². The minimum absolute atomic E-state index is 0.487. The van der Waals surface area contributed by atoms with E-state index in [4.69, 9.17) is 5.73 Å². The Labute approximate surface area is 133 Å². The van der Waals surface area contributed by atoms with E-state index in [-0.39, 0.29) is 0 Å². The number of nitrogens with zero attached hydrogens (tertiary/aromatic N) is 1. The molecule has 2 N–H and O–H groups in total. The van der Waals surface area contributed by atoms with Gasteiger partial charge in [0.25, 0.3) is 0 Å². The van der Waals surface area contributed by atoms with Gasteiger partial charge in [-0.1, -0.05) is 50.3 Å². The van der Waals surface area contributed by atoms with Crippen LogP contribution in [0.5, 0.6) is 0 Å². The van der Waals surface area contributed by atoms with Crippen LogP contribution in [0.15, 0.2) is 42.0 Å². The molecule has 1 aromatic carbocycles. The monoisotopic (exact) mass is 294 g/mol. The van der Waals surface area contributed by atoms with Crippen LogP contribution in [-0.4, -0.2) is 19.0 Å².